The van der Waals surface area contributed by atoms with Gasteiger partial charge in [0.05, 0.1) is 26.5 Å². The molecule has 0 amide bonds. The molecule has 0 saturated heterocycles. The molecule has 0 aliphatic heterocycles. The van der Waals surface area contributed by atoms with Crippen LogP contribution in [-0.2, 0) is 0 Å². The first-order valence-electron chi connectivity index (χ1n) is 6.60. The molecule has 0 aliphatic rings. The molecule has 2 aromatic rings. The Morgan fingerprint density at radius 1 is 0.905 bits per heavy atom. The Morgan fingerprint density at radius 3 is 2.24 bits per heavy atom. The maximum Gasteiger partial charge on any atom is 0.164 e. The van der Waals surface area contributed by atoms with Gasteiger partial charge in [-0.3, -0.25) is 0 Å². The number of anilines is 1. The summed E-state index contributed by atoms with van der Waals surface area (Å²) in [4.78, 5) is 0. The van der Waals surface area contributed by atoms with E-state index >= 15 is 0 Å². The SMILES string of the molecule is CCOc1cccc(Oc2cc(OC)c(OC)cc2N)c1. The van der Waals surface area contributed by atoms with Crippen molar-refractivity contribution in [1.82, 2.24) is 0 Å². The van der Waals surface area contributed by atoms with Crippen molar-refractivity contribution >= 4 is 5.69 Å². The van der Waals surface area contributed by atoms with Crippen LogP contribution in [0.3, 0.4) is 0 Å². The molecule has 0 unspecified atom stereocenters. The van der Waals surface area contributed by atoms with Crippen LogP contribution in [0.15, 0.2) is 36.4 Å². The zero-order valence-electron chi connectivity index (χ0n) is 12.4. The number of nitrogens with two attached hydrogens (primary N) is 1. The molecule has 2 rings (SSSR count). The maximum absolute atomic E-state index is 5.97. The Labute approximate surface area is 124 Å². The van der Waals surface area contributed by atoms with Gasteiger partial charge in [-0.25, -0.2) is 0 Å². The second-order valence-electron chi connectivity index (χ2n) is 4.25. The molecule has 2 N–H and O–H groups in total. The van der Waals surface area contributed by atoms with E-state index in [2.05, 4.69) is 0 Å². The molecule has 0 aromatic heterocycles. The molecule has 0 radical (unpaired) electrons. The third-order valence-electron chi connectivity index (χ3n) is 2.86. The summed E-state index contributed by atoms with van der Waals surface area (Å²) in [6, 6.07) is 10.7. The molecular formula is C16H19NO4. The van der Waals surface area contributed by atoms with E-state index in [1.807, 2.05) is 25.1 Å². The number of ether oxygens (including phenoxy) is 4. The van der Waals surface area contributed by atoms with E-state index in [0.29, 0.717) is 35.3 Å². The van der Waals surface area contributed by atoms with Crippen LogP contribution in [0.5, 0.6) is 28.7 Å². The van der Waals surface area contributed by atoms with Crippen molar-refractivity contribution < 1.29 is 18.9 Å². The maximum atomic E-state index is 5.97. The zero-order chi connectivity index (χ0) is 15.2. The van der Waals surface area contributed by atoms with Gasteiger partial charge in [0.25, 0.3) is 0 Å². The Balaban J connectivity index is 2.28. The van der Waals surface area contributed by atoms with Crippen LogP contribution in [0.1, 0.15) is 6.92 Å². The molecule has 2 aromatic carbocycles. The van der Waals surface area contributed by atoms with Gasteiger partial charge in [0.1, 0.15) is 11.5 Å². The van der Waals surface area contributed by atoms with Crippen molar-refractivity contribution in [2.45, 2.75) is 6.92 Å². The molecule has 0 fully saturated rings. The number of hydrogen-bond acceptors (Lipinski definition) is 5. The first-order valence-corrected chi connectivity index (χ1v) is 6.60. The van der Waals surface area contributed by atoms with Crippen LogP contribution in [0.25, 0.3) is 0 Å². The fourth-order valence-corrected chi connectivity index (χ4v) is 1.89. The minimum atomic E-state index is 0.467. The van der Waals surface area contributed by atoms with Crippen LogP contribution in [0, 0.1) is 0 Å². The number of nitrogen functional groups attached to an aromatic ring is 1. The van der Waals surface area contributed by atoms with Gasteiger partial charge in [-0.1, -0.05) is 6.07 Å². The van der Waals surface area contributed by atoms with E-state index in [1.165, 1.54) is 0 Å². The first kappa shape index (κ1) is 14.8. The van der Waals surface area contributed by atoms with E-state index in [-0.39, 0.29) is 0 Å². The molecule has 0 aliphatic carbocycles. The molecule has 0 atom stereocenters. The largest absolute Gasteiger partial charge is 0.494 e. The van der Waals surface area contributed by atoms with E-state index in [1.54, 1.807) is 32.4 Å². The monoisotopic (exact) mass is 289 g/mol. The van der Waals surface area contributed by atoms with Crippen molar-refractivity contribution in [2.75, 3.05) is 26.6 Å². The average molecular weight is 289 g/mol. The predicted molar refractivity (Wildman–Crippen MR) is 81.6 cm³/mol. The molecule has 5 nitrogen and oxygen atoms in total. The van der Waals surface area contributed by atoms with Crippen molar-refractivity contribution in [2.24, 2.45) is 0 Å². The predicted octanol–water partition coefficient (Wildman–Crippen LogP) is 3.48. The van der Waals surface area contributed by atoms with E-state index in [4.69, 9.17) is 24.7 Å². The van der Waals surface area contributed by atoms with E-state index in [0.717, 1.165) is 5.75 Å². The van der Waals surface area contributed by atoms with Gasteiger partial charge >= 0.3 is 0 Å². The summed E-state index contributed by atoms with van der Waals surface area (Å²) in [5.74, 6) is 3.00. The van der Waals surface area contributed by atoms with Gasteiger partial charge in [-0.15, -0.1) is 0 Å². The first-order chi connectivity index (χ1) is 10.2. The fraction of sp³-hybridized carbons (Fsp3) is 0.250. The fourth-order valence-electron chi connectivity index (χ4n) is 1.89. The van der Waals surface area contributed by atoms with Crippen LogP contribution < -0.4 is 24.7 Å². The third kappa shape index (κ3) is 3.51. The number of benzene rings is 2. The summed E-state index contributed by atoms with van der Waals surface area (Å²) in [5, 5.41) is 0. The Kier molecular flexibility index (Phi) is 4.77. The highest BCUT2D eigenvalue weighted by molar-refractivity contribution is 5.62. The molecule has 0 bridgehead atoms. The summed E-state index contributed by atoms with van der Waals surface area (Å²) < 4.78 is 21.7. The highest BCUT2D eigenvalue weighted by Crippen LogP contribution is 2.38. The Bertz CT molecular complexity index is 613. The average Bonchev–Trinajstić information content (AvgIpc) is 2.49. The standard InChI is InChI=1S/C16H19NO4/c1-4-20-11-6-5-7-12(8-11)21-14-10-16(19-3)15(18-2)9-13(14)17/h5-10H,4,17H2,1-3H3. The lowest BCUT2D eigenvalue weighted by atomic mass is 10.2. The number of rotatable bonds is 6. The van der Waals surface area contributed by atoms with E-state index < -0.39 is 0 Å². The summed E-state index contributed by atoms with van der Waals surface area (Å²) in [6.45, 7) is 2.53. The molecule has 112 valence electrons. The Morgan fingerprint density at radius 2 is 1.57 bits per heavy atom. The quantitative estimate of drug-likeness (QED) is 0.825. The summed E-state index contributed by atoms with van der Waals surface area (Å²) >= 11 is 0. The highest BCUT2D eigenvalue weighted by Gasteiger charge is 2.11. The van der Waals surface area contributed by atoms with Crippen LogP contribution in [0.4, 0.5) is 5.69 Å². The second kappa shape index (κ2) is 6.74. The molecule has 21 heavy (non-hydrogen) atoms. The van der Waals surface area contributed by atoms with E-state index in [9.17, 15) is 0 Å². The van der Waals surface area contributed by atoms with Gasteiger partial charge in [-0.05, 0) is 19.1 Å². The zero-order valence-corrected chi connectivity index (χ0v) is 12.4. The molecule has 0 heterocycles. The third-order valence-corrected chi connectivity index (χ3v) is 2.86. The Hall–Kier alpha value is -2.56. The molecular weight excluding hydrogens is 270 g/mol. The van der Waals surface area contributed by atoms with Crippen LogP contribution in [0.2, 0.25) is 0 Å². The van der Waals surface area contributed by atoms with Gasteiger partial charge in [-0.2, -0.15) is 0 Å². The molecule has 0 saturated carbocycles. The van der Waals surface area contributed by atoms with Gasteiger partial charge in [0.2, 0.25) is 0 Å². The van der Waals surface area contributed by atoms with Gasteiger partial charge in [0.15, 0.2) is 17.2 Å². The lowest BCUT2D eigenvalue weighted by Gasteiger charge is -2.13. The lowest BCUT2D eigenvalue weighted by Crippen LogP contribution is -1.97. The lowest BCUT2D eigenvalue weighted by molar-refractivity contribution is 0.338. The van der Waals surface area contributed by atoms with Crippen molar-refractivity contribution in [3.05, 3.63) is 36.4 Å². The van der Waals surface area contributed by atoms with Crippen molar-refractivity contribution in [3.8, 4) is 28.7 Å². The smallest absolute Gasteiger partial charge is 0.164 e. The van der Waals surface area contributed by atoms with Crippen molar-refractivity contribution in [3.63, 3.8) is 0 Å². The minimum Gasteiger partial charge on any atom is -0.494 e. The van der Waals surface area contributed by atoms with Gasteiger partial charge < -0.3 is 24.7 Å². The van der Waals surface area contributed by atoms with Gasteiger partial charge in [0, 0.05) is 18.2 Å². The summed E-state index contributed by atoms with van der Waals surface area (Å²) in [6.07, 6.45) is 0. The number of hydrogen-bond donors (Lipinski definition) is 1. The highest BCUT2D eigenvalue weighted by atomic mass is 16.5. The minimum absolute atomic E-state index is 0.467. The number of methoxy groups -OCH3 is 2. The van der Waals surface area contributed by atoms with Crippen LogP contribution >= 0.6 is 0 Å². The molecule has 5 heteroatoms. The normalized spacial score (nSPS) is 10.0. The summed E-state index contributed by atoms with van der Waals surface area (Å²) in [7, 11) is 3.12. The summed E-state index contributed by atoms with van der Waals surface area (Å²) in [5.41, 5.74) is 6.44. The van der Waals surface area contributed by atoms with Crippen molar-refractivity contribution in [1.29, 1.82) is 0 Å². The van der Waals surface area contributed by atoms with Crippen LogP contribution in [-0.4, -0.2) is 20.8 Å². The molecule has 0 spiro atoms. The topological polar surface area (TPSA) is 62.9 Å². The second-order valence-corrected chi connectivity index (χ2v) is 4.25.